The molecule has 3 nitrogen and oxygen atoms in total. The molecular weight excluding hydrogens is 842 g/mol. The molecule has 10 aromatic carbocycles. The van der Waals surface area contributed by atoms with E-state index in [1.54, 1.807) is 0 Å². The molecule has 14 aromatic rings. The summed E-state index contributed by atoms with van der Waals surface area (Å²) >= 11 is 0.166. The van der Waals surface area contributed by atoms with E-state index in [1.807, 2.05) is 0 Å². The molecule has 0 radical (unpaired) electrons. The molecule has 0 amide bonds. The van der Waals surface area contributed by atoms with Crippen LogP contribution in [0.5, 0.6) is 0 Å². The number of rotatable bonds is 5. The van der Waals surface area contributed by atoms with Gasteiger partial charge < -0.3 is 4.57 Å². The Hall–Kier alpha value is -7.88. The average Bonchev–Trinajstić information content (AvgIpc) is 4.11. The van der Waals surface area contributed by atoms with Crippen LogP contribution in [0.2, 0.25) is 0 Å². The zero-order chi connectivity index (χ0) is 41.9. The van der Waals surface area contributed by atoms with Crippen LogP contribution in [0.3, 0.4) is 0 Å². The third-order valence-electron chi connectivity index (χ3n) is 13.5. The summed E-state index contributed by atoms with van der Waals surface area (Å²) in [5, 5.41) is 10.2. The number of nitrogens with zero attached hydrogens (tertiary/aromatic N) is 3. The molecule has 4 aromatic heterocycles. The Kier molecular flexibility index (Phi) is 7.70. The number of aromatic nitrogens is 3. The van der Waals surface area contributed by atoms with E-state index >= 15 is 0 Å². The molecular formula is C60H37N3Se. The van der Waals surface area contributed by atoms with Crippen molar-refractivity contribution in [2.24, 2.45) is 0 Å². The van der Waals surface area contributed by atoms with E-state index < -0.39 is 0 Å². The Morgan fingerprint density at radius 3 is 1.28 bits per heavy atom. The predicted molar refractivity (Wildman–Crippen MR) is 272 cm³/mol. The van der Waals surface area contributed by atoms with Crippen LogP contribution in [0.1, 0.15) is 0 Å². The second kappa shape index (κ2) is 13.8. The van der Waals surface area contributed by atoms with Crippen LogP contribution in [0.15, 0.2) is 224 Å². The summed E-state index contributed by atoms with van der Waals surface area (Å²) in [6, 6.07) is 83.0. The Labute approximate surface area is 374 Å². The normalized spacial score (nSPS) is 12.1. The zero-order valence-corrected chi connectivity index (χ0v) is 36.3. The van der Waals surface area contributed by atoms with Crippen molar-refractivity contribution in [2.75, 3.05) is 0 Å². The first-order valence-corrected chi connectivity index (χ1v) is 23.6. The quantitative estimate of drug-likeness (QED) is 0.153. The molecule has 0 spiro atoms. The van der Waals surface area contributed by atoms with Gasteiger partial charge in [-0.25, -0.2) is 0 Å². The number of benzene rings is 10. The van der Waals surface area contributed by atoms with Gasteiger partial charge in [0.15, 0.2) is 0 Å². The maximum absolute atomic E-state index is 2.53. The van der Waals surface area contributed by atoms with E-state index in [1.165, 1.54) is 113 Å². The van der Waals surface area contributed by atoms with E-state index in [-0.39, 0.29) is 14.5 Å². The van der Waals surface area contributed by atoms with Crippen molar-refractivity contribution in [1.29, 1.82) is 0 Å². The van der Waals surface area contributed by atoms with Crippen molar-refractivity contribution in [2.45, 2.75) is 0 Å². The minimum atomic E-state index is 0.166. The standard InChI is InChI=1S/C60H37N3Se/c1-2-14-38(15-3-1)39-26-28-40(29-27-39)43-32-35-57(59-48-20-8-13-25-58(48)64-60(43)59)63-54-24-12-7-19-47(54)50-37-42(31-34-56(50)63)62-53-23-11-6-18-46(53)49-36-41(30-33-55(49)62)61-51-21-9-4-16-44(51)45-17-5-10-22-52(45)61/h1-37H. The topological polar surface area (TPSA) is 14.8 Å². The third kappa shape index (κ3) is 5.15. The van der Waals surface area contributed by atoms with E-state index in [9.17, 15) is 0 Å². The van der Waals surface area contributed by atoms with Gasteiger partial charge in [0.1, 0.15) is 0 Å². The fourth-order valence-electron chi connectivity index (χ4n) is 10.6. The second-order valence-corrected chi connectivity index (χ2v) is 19.1. The maximum atomic E-state index is 2.53. The monoisotopic (exact) mass is 879 g/mol. The zero-order valence-electron chi connectivity index (χ0n) is 34.6. The second-order valence-electron chi connectivity index (χ2n) is 16.9. The molecule has 4 heteroatoms. The molecule has 298 valence electrons. The molecule has 4 heterocycles. The number of para-hydroxylation sites is 4. The van der Waals surface area contributed by atoms with Gasteiger partial charge in [-0.1, -0.05) is 42.5 Å². The van der Waals surface area contributed by atoms with Gasteiger partial charge in [0, 0.05) is 16.5 Å². The van der Waals surface area contributed by atoms with Crippen LogP contribution in [0, 0.1) is 0 Å². The third-order valence-corrected chi connectivity index (χ3v) is 16.0. The molecule has 0 N–H and O–H groups in total. The van der Waals surface area contributed by atoms with E-state index in [0.29, 0.717) is 0 Å². The molecule has 0 unspecified atom stereocenters. The molecule has 0 atom stereocenters. The molecule has 0 aliphatic rings. The summed E-state index contributed by atoms with van der Waals surface area (Å²) in [6.45, 7) is 0. The number of hydrogen-bond acceptors (Lipinski definition) is 0. The average molecular weight is 879 g/mol. The Bertz CT molecular complexity index is 4130. The van der Waals surface area contributed by atoms with Crippen LogP contribution in [-0.2, 0) is 0 Å². The Balaban J connectivity index is 0.961. The van der Waals surface area contributed by atoms with Crippen LogP contribution >= 0.6 is 0 Å². The van der Waals surface area contributed by atoms with Crippen LogP contribution < -0.4 is 0 Å². The fourth-order valence-corrected chi connectivity index (χ4v) is 13.3. The first-order valence-electron chi connectivity index (χ1n) is 21.9. The predicted octanol–water partition coefficient (Wildman–Crippen LogP) is 15.7. The molecule has 0 saturated heterocycles. The first kappa shape index (κ1) is 35.7. The molecule has 0 bridgehead atoms. The van der Waals surface area contributed by atoms with Crippen LogP contribution in [0.4, 0.5) is 0 Å². The SMILES string of the molecule is c1ccc(-c2ccc(-c3ccc(-n4c5ccccc5c5cc(-n6c7ccccc7c7cc(-n8c9ccccc9c9ccccc98)ccc76)ccc54)c4c3[se]c3ccccc34)cc2)cc1. The molecule has 64 heavy (non-hydrogen) atoms. The van der Waals surface area contributed by atoms with Gasteiger partial charge >= 0.3 is 290 Å². The van der Waals surface area contributed by atoms with Crippen molar-refractivity contribution in [3.63, 3.8) is 0 Å². The number of fused-ring (bicyclic) bond motifs is 12. The molecule has 0 aliphatic heterocycles. The Morgan fingerprint density at radius 2 is 0.703 bits per heavy atom. The Morgan fingerprint density at radius 1 is 0.281 bits per heavy atom. The van der Waals surface area contributed by atoms with Crippen molar-refractivity contribution in [1.82, 2.24) is 13.7 Å². The number of hydrogen-bond donors (Lipinski definition) is 0. The van der Waals surface area contributed by atoms with Gasteiger partial charge in [-0.3, -0.25) is 0 Å². The summed E-state index contributed by atoms with van der Waals surface area (Å²) in [7, 11) is 0. The molecule has 14 rings (SSSR count). The van der Waals surface area contributed by atoms with Gasteiger partial charge in [0.05, 0.1) is 11.0 Å². The summed E-state index contributed by atoms with van der Waals surface area (Å²) in [5.41, 5.74) is 15.9. The van der Waals surface area contributed by atoms with E-state index in [2.05, 4.69) is 238 Å². The minimum absolute atomic E-state index is 0.166. The van der Waals surface area contributed by atoms with Gasteiger partial charge in [-0.2, -0.15) is 0 Å². The van der Waals surface area contributed by atoms with Gasteiger partial charge in [-0.15, -0.1) is 0 Å². The summed E-state index contributed by atoms with van der Waals surface area (Å²) in [4.78, 5) is 0. The van der Waals surface area contributed by atoms with Crippen molar-refractivity contribution in [3.05, 3.63) is 224 Å². The van der Waals surface area contributed by atoms with Crippen LogP contribution in [0.25, 0.3) is 124 Å². The van der Waals surface area contributed by atoms with Crippen LogP contribution in [-0.4, -0.2) is 28.2 Å². The summed E-state index contributed by atoms with van der Waals surface area (Å²) in [6.07, 6.45) is 0. The van der Waals surface area contributed by atoms with E-state index in [4.69, 9.17) is 0 Å². The molecule has 0 saturated carbocycles. The fraction of sp³-hybridized carbons (Fsp3) is 0. The summed E-state index contributed by atoms with van der Waals surface area (Å²) < 4.78 is 10.3. The summed E-state index contributed by atoms with van der Waals surface area (Å²) in [5.74, 6) is 0. The van der Waals surface area contributed by atoms with Crippen molar-refractivity contribution in [3.8, 4) is 39.3 Å². The first-order chi connectivity index (χ1) is 31.8. The van der Waals surface area contributed by atoms with Gasteiger partial charge in [0.2, 0.25) is 0 Å². The molecule has 0 fully saturated rings. The molecule has 0 aliphatic carbocycles. The van der Waals surface area contributed by atoms with E-state index in [0.717, 1.165) is 11.4 Å². The van der Waals surface area contributed by atoms with Gasteiger partial charge in [0.25, 0.3) is 0 Å². The van der Waals surface area contributed by atoms with Crippen molar-refractivity contribution < 1.29 is 0 Å². The van der Waals surface area contributed by atoms with Crippen molar-refractivity contribution >= 4 is 99.2 Å². The van der Waals surface area contributed by atoms with Gasteiger partial charge in [-0.05, 0) is 12.1 Å².